The van der Waals surface area contributed by atoms with Gasteiger partial charge in [-0.2, -0.15) is 0 Å². The highest BCUT2D eigenvalue weighted by Crippen LogP contribution is 2.08. The largest absolute Gasteiger partial charge is 0.476 e. The van der Waals surface area contributed by atoms with Crippen LogP contribution >= 0.6 is 0 Å². The lowest BCUT2D eigenvalue weighted by Crippen LogP contribution is -2.33. The lowest BCUT2D eigenvalue weighted by Gasteiger charge is -2.26. The minimum atomic E-state index is -1.05. The average Bonchev–Trinajstić information content (AvgIpc) is 2.40. The SMILES string of the molecule is O=C(O)c1cncc(NCCN2CCCCC2)n1. The Hall–Kier alpha value is -1.69. The Labute approximate surface area is 106 Å². The predicted octanol–water partition coefficient (Wildman–Crippen LogP) is 1.07. The van der Waals surface area contributed by atoms with E-state index in [2.05, 4.69) is 20.2 Å². The number of aromatic nitrogens is 2. The number of rotatable bonds is 5. The van der Waals surface area contributed by atoms with Crippen LogP contribution in [0.3, 0.4) is 0 Å². The van der Waals surface area contributed by atoms with E-state index in [1.165, 1.54) is 25.5 Å². The number of carboxylic acid groups (broad SMARTS) is 1. The zero-order valence-electron chi connectivity index (χ0n) is 10.3. The van der Waals surface area contributed by atoms with E-state index >= 15 is 0 Å². The Morgan fingerprint density at radius 2 is 2.11 bits per heavy atom. The number of carboxylic acids is 1. The van der Waals surface area contributed by atoms with Crippen molar-refractivity contribution in [2.45, 2.75) is 19.3 Å². The van der Waals surface area contributed by atoms with E-state index in [1.54, 1.807) is 6.20 Å². The molecule has 18 heavy (non-hydrogen) atoms. The van der Waals surface area contributed by atoms with Crippen molar-refractivity contribution in [3.8, 4) is 0 Å². The number of piperidine rings is 1. The molecule has 0 atom stereocenters. The fraction of sp³-hybridized carbons (Fsp3) is 0.583. The number of anilines is 1. The van der Waals surface area contributed by atoms with Crippen LogP contribution in [0.15, 0.2) is 12.4 Å². The first-order valence-electron chi connectivity index (χ1n) is 6.27. The second kappa shape index (κ2) is 6.30. The molecule has 6 nitrogen and oxygen atoms in total. The topological polar surface area (TPSA) is 78.3 Å². The van der Waals surface area contributed by atoms with E-state index < -0.39 is 5.97 Å². The first kappa shape index (κ1) is 12.8. The van der Waals surface area contributed by atoms with Gasteiger partial charge < -0.3 is 15.3 Å². The van der Waals surface area contributed by atoms with Crippen molar-refractivity contribution >= 4 is 11.8 Å². The van der Waals surface area contributed by atoms with Gasteiger partial charge in [0.05, 0.1) is 12.4 Å². The quantitative estimate of drug-likeness (QED) is 0.814. The fourth-order valence-corrected chi connectivity index (χ4v) is 2.08. The second-order valence-corrected chi connectivity index (χ2v) is 4.42. The van der Waals surface area contributed by atoms with Crippen molar-refractivity contribution in [3.05, 3.63) is 18.1 Å². The summed E-state index contributed by atoms with van der Waals surface area (Å²) in [7, 11) is 0. The highest BCUT2D eigenvalue weighted by Gasteiger charge is 2.09. The molecule has 0 radical (unpaired) electrons. The lowest BCUT2D eigenvalue weighted by molar-refractivity contribution is 0.0690. The summed E-state index contributed by atoms with van der Waals surface area (Å²) in [4.78, 5) is 21.0. The van der Waals surface area contributed by atoms with Crippen molar-refractivity contribution in [2.24, 2.45) is 0 Å². The van der Waals surface area contributed by atoms with Crippen LogP contribution in [0.5, 0.6) is 0 Å². The molecule has 0 saturated carbocycles. The Kier molecular flexibility index (Phi) is 4.46. The molecular weight excluding hydrogens is 232 g/mol. The first-order valence-corrected chi connectivity index (χ1v) is 6.27. The van der Waals surface area contributed by atoms with Crippen LogP contribution < -0.4 is 5.32 Å². The number of nitrogens with one attached hydrogen (secondary N) is 1. The molecule has 1 aliphatic heterocycles. The average molecular weight is 250 g/mol. The number of hydrogen-bond acceptors (Lipinski definition) is 5. The second-order valence-electron chi connectivity index (χ2n) is 4.42. The molecule has 1 fully saturated rings. The summed E-state index contributed by atoms with van der Waals surface area (Å²) in [5, 5.41) is 11.9. The number of aromatic carboxylic acids is 1. The van der Waals surface area contributed by atoms with Crippen LogP contribution in [0.4, 0.5) is 5.82 Å². The maximum Gasteiger partial charge on any atom is 0.356 e. The zero-order chi connectivity index (χ0) is 12.8. The molecule has 0 aromatic carbocycles. The van der Waals surface area contributed by atoms with Crippen LogP contribution in [-0.2, 0) is 0 Å². The van der Waals surface area contributed by atoms with Crippen LogP contribution in [0, 0.1) is 0 Å². The molecule has 1 aromatic heterocycles. The maximum absolute atomic E-state index is 10.7. The molecule has 0 amide bonds. The molecule has 1 aliphatic rings. The van der Waals surface area contributed by atoms with E-state index in [0.717, 1.165) is 26.2 Å². The van der Waals surface area contributed by atoms with E-state index in [9.17, 15) is 4.79 Å². The molecular formula is C12H18N4O2. The van der Waals surface area contributed by atoms with Gasteiger partial charge >= 0.3 is 5.97 Å². The van der Waals surface area contributed by atoms with Crippen molar-refractivity contribution < 1.29 is 9.90 Å². The summed E-state index contributed by atoms with van der Waals surface area (Å²) >= 11 is 0. The number of carbonyl (C=O) groups is 1. The molecule has 1 aromatic rings. The first-order chi connectivity index (χ1) is 8.75. The Balaban J connectivity index is 1.78. The molecule has 0 unspecified atom stereocenters. The molecule has 98 valence electrons. The van der Waals surface area contributed by atoms with Crippen molar-refractivity contribution in [3.63, 3.8) is 0 Å². The van der Waals surface area contributed by atoms with Crippen LogP contribution in [0.25, 0.3) is 0 Å². The van der Waals surface area contributed by atoms with E-state index in [0.29, 0.717) is 5.82 Å². The maximum atomic E-state index is 10.7. The van der Waals surface area contributed by atoms with E-state index in [1.807, 2.05) is 0 Å². The molecule has 1 saturated heterocycles. The van der Waals surface area contributed by atoms with E-state index in [4.69, 9.17) is 5.11 Å². The third kappa shape index (κ3) is 3.66. The number of likely N-dealkylation sites (tertiary alicyclic amines) is 1. The molecule has 2 heterocycles. The number of nitrogens with zero attached hydrogens (tertiary/aromatic N) is 3. The smallest absolute Gasteiger partial charge is 0.356 e. The fourth-order valence-electron chi connectivity index (χ4n) is 2.08. The Morgan fingerprint density at radius 3 is 2.83 bits per heavy atom. The predicted molar refractivity (Wildman–Crippen MR) is 67.8 cm³/mol. The van der Waals surface area contributed by atoms with Gasteiger partial charge in [0.25, 0.3) is 0 Å². The van der Waals surface area contributed by atoms with Gasteiger partial charge in [0.15, 0.2) is 5.69 Å². The molecule has 2 N–H and O–H groups in total. The summed E-state index contributed by atoms with van der Waals surface area (Å²) in [6, 6.07) is 0. The summed E-state index contributed by atoms with van der Waals surface area (Å²) in [5.41, 5.74) is -0.0297. The van der Waals surface area contributed by atoms with Gasteiger partial charge in [-0.25, -0.2) is 9.78 Å². The molecule has 0 bridgehead atoms. The van der Waals surface area contributed by atoms with Crippen molar-refractivity contribution in [1.29, 1.82) is 0 Å². The molecule has 0 aliphatic carbocycles. The number of hydrogen-bond donors (Lipinski definition) is 2. The van der Waals surface area contributed by atoms with Crippen LogP contribution in [-0.4, -0.2) is 52.1 Å². The molecule has 2 rings (SSSR count). The summed E-state index contributed by atoms with van der Waals surface area (Å²) in [5.74, 6) is -0.533. The van der Waals surface area contributed by atoms with Gasteiger partial charge in [-0.3, -0.25) is 4.98 Å². The van der Waals surface area contributed by atoms with Gasteiger partial charge in [-0.15, -0.1) is 0 Å². The summed E-state index contributed by atoms with van der Waals surface area (Å²) in [6.45, 7) is 4.03. The van der Waals surface area contributed by atoms with Crippen LogP contribution in [0.2, 0.25) is 0 Å². The van der Waals surface area contributed by atoms with Gasteiger partial charge in [-0.1, -0.05) is 6.42 Å². The van der Waals surface area contributed by atoms with Crippen molar-refractivity contribution in [2.75, 3.05) is 31.5 Å². The Morgan fingerprint density at radius 1 is 1.33 bits per heavy atom. The summed E-state index contributed by atoms with van der Waals surface area (Å²) in [6.07, 6.45) is 6.67. The monoisotopic (exact) mass is 250 g/mol. The highest BCUT2D eigenvalue weighted by molar-refractivity contribution is 5.85. The lowest BCUT2D eigenvalue weighted by atomic mass is 10.1. The van der Waals surface area contributed by atoms with Gasteiger partial charge in [0, 0.05) is 13.1 Å². The minimum Gasteiger partial charge on any atom is -0.476 e. The third-order valence-corrected chi connectivity index (χ3v) is 3.04. The summed E-state index contributed by atoms with van der Waals surface area (Å²) < 4.78 is 0. The van der Waals surface area contributed by atoms with E-state index in [-0.39, 0.29) is 5.69 Å². The highest BCUT2D eigenvalue weighted by atomic mass is 16.4. The molecule has 0 spiro atoms. The van der Waals surface area contributed by atoms with Crippen LogP contribution in [0.1, 0.15) is 29.8 Å². The normalized spacial score (nSPS) is 16.4. The van der Waals surface area contributed by atoms with Gasteiger partial charge in [-0.05, 0) is 25.9 Å². The minimum absolute atomic E-state index is 0.0297. The third-order valence-electron chi connectivity index (χ3n) is 3.04. The zero-order valence-corrected chi connectivity index (χ0v) is 10.3. The van der Waals surface area contributed by atoms with Gasteiger partial charge in [0.1, 0.15) is 5.82 Å². The molecule has 6 heteroatoms. The van der Waals surface area contributed by atoms with Crippen molar-refractivity contribution in [1.82, 2.24) is 14.9 Å². The Bertz CT molecular complexity index is 405. The van der Waals surface area contributed by atoms with Gasteiger partial charge in [0.2, 0.25) is 0 Å². The standard InChI is InChI=1S/C12H18N4O2/c17-12(18)10-8-13-9-11(15-10)14-4-7-16-5-2-1-3-6-16/h8-9H,1-7H2,(H,14,15)(H,17,18).